The van der Waals surface area contributed by atoms with E-state index in [1.54, 1.807) is 13.8 Å². The first-order chi connectivity index (χ1) is 12.5. The quantitative estimate of drug-likeness (QED) is 0.525. The standard InChI is InChI=1S/C16H16F4N4O2S/c1-7(2)13(24-14(26)10-6-12(25)23-15(21)22-10)8-3-4-11(9(17)5-8)27-16(18,19)20/h3-7,13H,1-2H3,(H,24,26)(H3,21,22,23,25). The maximum atomic E-state index is 14.1. The van der Waals surface area contributed by atoms with Gasteiger partial charge in [-0.15, -0.1) is 0 Å². The van der Waals surface area contributed by atoms with E-state index < -0.39 is 45.5 Å². The number of aromatic nitrogens is 2. The highest BCUT2D eigenvalue weighted by Gasteiger charge is 2.31. The number of thioether (sulfide) groups is 1. The molecule has 0 saturated heterocycles. The summed E-state index contributed by atoms with van der Waals surface area (Å²) in [5.74, 6) is -2.24. The number of carbonyl (C=O) groups excluding carboxylic acids is 1. The van der Waals surface area contributed by atoms with Gasteiger partial charge >= 0.3 is 5.51 Å². The number of amides is 1. The maximum absolute atomic E-state index is 14.1. The van der Waals surface area contributed by atoms with Gasteiger partial charge in [0.05, 0.1) is 10.9 Å². The molecule has 4 N–H and O–H groups in total. The van der Waals surface area contributed by atoms with Crippen LogP contribution in [0.1, 0.15) is 35.9 Å². The Morgan fingerprint density at radius 3 is 2.48 bits per heavy atom. The van der Waals surface area contributed by atoms with Crippen LogP contribution in [0.25, 0.3) is 0 Å². The average Bonchev–Trinajstić information content (AvgIpc) is 2.52. The van der Waals surface area contributed by atoms with Crippen molar-refractivity contribution in [3.8, 4) is 0 Å². The number of nitrogens with one attached hydrogen (secondary N) is 2. The lowest BCUT2D eigenvalue weighted by Gasteiger charge is -2.23. The number of nitrogens with two attached hydrogens (primary N) is 1. The molecule has 0 aliphatic heterocycles. The summed E-state index contributed by atoms with van der Waals surface area (Å²) in [6.07, 6.45) is 0. The van der Waals surface area contributed by atoms with Gasteiger partial charge in [-0.25, -0.2) is 9.37 Å². The second-order valence-corrected chi connectivity index (χ2v) is 7.06. The lowest BCUT2D eigenvalue weighted by atomic mass is 9.95. The Hall–Kier alpha value is -2.56. The molecule has 1 heterocycles. The first kappa shape index (κ1) is 20.7. The fourth-order valence-corrected chi connectivity index (χ4v) is 2.90. The number of halogens is 4. The van der Waals surface area contributed by atoms with Crippen LogP contribution < -0.4 is 16.6 Å². The molecule has 11 heteroatoms. The topological polar surface area (TPSA) is 101 Å². The first-order valence-electron chi connectivity index (χ1n) is 7.69. The van der Waals surface area contributed by atoms with E-state index in [1.165, 1.54) is 6.07 Å². The molecule has 1 aromatic carbocycles. The predicted octanol–water partition coefficient (Wildman–Crippen LogP) is 3.23. The molecule has 27 heavy (non-hydrogen) atoms. The Morgan fingerprint density at radius 1 is 1.30 bits per heavy atom. The normalized spacial score (nSPS) is 12.9. The molecule has 0 aliphatic carbocycles. The van der Waals surface area contributed by atoms with Crippen LogP contribution in [0.5, 0.6) is 0 Å². The van der Waals surface area contributed by atoms with Gasteiger partial charge in [-0.1, -0.05) is 19.9 Å². The van der Waals surface area contributed by atoms with Crippen LogP contribution in [-0.4, -0.2) is 21.4 Å². The number of benzene rings is 1. The van der Waals surface area contributed by atoms with E-state index in [0.29, 0.717) is 0 Å². The molecule has 0 bridgehead atoms. The predicted molar refractivity (Wildman–Crippen MR) is 92.6 cm³/mol. The summed E-state index contributed by atoms with van der Waals surface area (Å²) in [5.41, 5.74) is 0.215. The molecule has 2 rings (SSSR count). The highest BCUT2D eigenvalue weighted by molar-refractivity contribution is 8.00. The molecule has 1 atom stereocenters. The number of rotatable bonds is 5. The molecule has 6 nitrogen and oxygen atoms in total. The SMILES string of the molecule is CC(C)C(NC(=O)c1cc(=O)[nH]c(N)n1)c1ccc(SC(F)(F)F)c(F)c1. The largest absolute Gasteiger partial charge is 0.446 e. The number of carbonyl (C=O) groups is 1. The van der Waals surface area contributed by atoms with Crippen molar-refractivity contribution >= 4 is 23.6 Å². The monoisotopic (exact) mass is 404 g/mol. The molecule has 0 radical (unpaired) electrons. The number of aromatic amines is 1. The van der Waals surface area contributed by atoms with Crippen molar-refractivity contribution in [1.29, 1.82) is 0 Å². The summed E-state index contributed by atoms with van der Waals surface area (Å²) in [4.78, 5) is 29.1. The number of nitrogens with zero attached hydrogens (tertiary/aromatic N) is 1. The van der Waals surface area contributed by atoms with Gasteiger partial charge in [-0.3, -0.25) is 14.6 Å². The Kier molecular flexibility index (Phi) is 6.14. The molecule has 1 amide bonds. The Labute approximate surface area is 155 Å². The van der Waals surface area contributed by atoms with E-state index in [9.17, 15) is 27.2 Å². The van der Waals surface area contributed by atoms with Crippen LogP contribution in [0, 0.1) is 11.7 Å². The van der Waals surface area contributed by atoms with E-state index in [4.69, 9.17) is 5.73 Å². The Bertz CT molecular complexity index is 899. The van der Waals surface area contributed by atoms with Crippen molar-refractivity contribution in [2.75, 3.05) is 5.73 Å². The zero-order chi connectivity index (χ0) is 20.4. The molecule has 0 saturated carbocycles. The average molecular weight is 404 g/mol. The zero-order valence-electron chi connectivity index (χ0n) is 14.2. The highest BCUT2D eigenvalue weighted by Crippen LogP contribution is 2.39. The number of alkyl halides is 3. The fraction of sp³-hybridized carbons (Fsp3) is 0.312. The summed E-state index contributed by atoms with van der Waals surface area (Å²) in [7, 11) is 0. The maximum Gasteiger partial charge on any atom is 0.446 e. The molecule has 0 fully saturated rings. The van der Waals surface area contributed by atoms with Crippen LogP contribution in [0.2, 0.25) is 0 Å². The van der Waals surface area contributed by atoms with Crippen LogP contribution in [0.4, 0.5) is 23.5 Å². The third-order valence-electron chi connectivity index (χ3n) is 3.49. The second kappa shape index (κ2) is 7.99. The van der Waals surface area contributed by atoms with Crippen LogP contribution in [0.15, 0.2) is 34.0 Å². The van der Waals surface area contributed by atoms with Crippen molar-refractivity contribution < 1.29 is 22.4 Å². The van der Waals surface area contributed by atoms with Crippen LogP contribution >= 0.6 is 11.8 Å². The van der Waals surface area contributed by atoms with Gasteiger partial charge in [0, 0.05) is 6.07 Å². The zero-order valence-corrected chi connectivity index (χ0v) is 15.0. The minimum Gasteiger partial charge on any atom is -0.369 e. The smallest absolute Gasteiger partial charge is 0.369 e. The summed E-state index contributed by atoms with van der Waals surface area (Å²) >= 11 is -0.554. The highest BCUT2D eigenvalue weighted by atomic mass is 32.2. The summed E-state index contributed by atoms with van der Waals surface area (Å²) in [6.45, 7) is 3.47. The lowest BCUT2D eigenvalue weighted by Crippen LogP contribution is -2.33. The van der Waals surface area contributed by atoms with Gasteiger partial charge in [-0.2, -0.15) is 13.2 Å². The number of H-pyrrole nitrogens is 1. The number of anilines is 1. The fourth-order valence-electron chi connectivity index (χ4n) is 2.36. The van der Waals surface area contributed by atoms with Gasteiger partial charge in [0.2, 0.25) is 5.95 Å². The molecule has 1 aromatic heterocycles. The summed E-state index contributed by atoms with van der Waals surface area (Å²) in [6, 6.07) is 3.49. The molecule has 146 valence electrons. The van der Waals surface area contributed by atoms with Gasteiger partial charge in [0.1, 0.15) is 11.5 Å². The molecular weight excluding hydrogens is 388 g/mol. The molecular formula is C16H16F4N4O2S. The van der Waals surface area contributed by atoms with Crippen LogP contribution in [-0.2, 0) is 0 Å². The molecule has 0 spiro atoms. The minimum atomic E-state index is -4.61. The van der Waals surface area contributed by atoms with E-state index in [-0.39, 0.29) is 23.1 Å². The van der Waals surface area contributed by atoms with Gasteiger partial charge in [0.25, 0.3) is 11.5 Å². The van der Waals surface area contributed by atoms with Gasteiger partial charge < -0.3 is 11.1 Å². The van der Waals surface area contributed by atoms with E-state index >= 15 is 0 Å². The van der Waals surface area contributed by atoms with Crippen molar-refractivity contribution in [2.24, 2.45) is 5.92 Å². The van der Waals surface area contributed by atoms with Gasteiger partial charge in [-0.05, 0) is 35.4 Å². The van der Waals surface area contributed by atoms with Crippen molar-refractivity contribution in [3.05, 3.63) is 51.7 Å². The molecule has 1 unspecified atom stereocenters. The van der Waals surface area contributed by atoms with E-state index in [0.717, 1.165) is 18.2 Å². The summed E-state index contributed by atoms with van der Waals surface area (Å²) < 4.78 is 51.3. The van der Waals surface area contributed by atoms with Crippen LogP contribution in [0.3, 0.4) is 0 Å². The number of hydrogen-bond donors (Lipinski definition) is 3. The minimum absolute atomic E-state index is 0.228. The molecule has 2 aromatic rings. The van der Waals surface area contributed by atoms with E-state index in [2.05, 4.69) is 15.3 Å². The second-order valence-electron chi connectivity index (χ2n) is 5.95. The number of nitrogen functional groups attached to an aromatic ring is 1. The first-order valence-corrected chi connectivity index (χ1v) is 8.51. The van der Waals surface area contributed by atoms with Crippen molar-refractivity contribution in [2.45, 2.75) is 30.3 Å². The Balaban J connectivity index is 2.28. The van der Waals surface area contributed by atoms with Gasteiger partial charge in [0.15, 0.2) is 0 Å². The third-order valence-corrected chi connectivity index (χ3v) is 4.27. The van der Waals surface area contributed by atoms with Crippen molar-refractivity contribution in [3.63, 3.8) is 0 Å². The lowest BCUT2D eigenvalue weighted by molar-refractivity contribution is -0.0329. The Morgan fingerprint density at radius 2 is 1.96 bits per heavy atom. The summed E-state index contributed by atoms with van der Waals surface area (Å²) in [5, 5.41) is 2.59. The van der Waals surface area contributed by atoms with Crippen molar-refractivity contribution in [1.82, 2.24) is 15.3 Å². The number of hydrogen-bond acceptors (Lipinski definition) is 5. The molecule has 0 aliphatic rings. The van der Waals surface area contributed by atoms with E-state index in [1.807, 2.05) is 0 Å². The third kappa shape index (κ3) is 5.71.